The van der Waals surface area contributed by atoms with Gasteiger partial charge in [0, 0.05) is 22.2 Å². The number of aryl methyl sites for hydroxylation is 1. The van der Waals surface area contributed by atoms with Crippen LogP contribution in [0.3, 0.4) is 0 Å². The van der Waals surface area contributed by atoms with E-state index < -0.39 is 0 Å². The SMILES string of the molecule is Cc1ccc(CC(C)NC(=O)C2CCCCCN2)s1. The molecule has 19 heavy (non-hydrogen) atoms. The Kier molecular flexibility index (Phi) is 5.40. The summed E-state index contributed by atoms with van der Waals surface area (Å²) < 4.78 is 0. The second kappa shape index (κ2) is 7.06. The number of carbonyl (C=O) groups excluding carboxylic acids is 1. The number of thiophene rings is 1. The third-order valence-corrected chi connectivity index (χ3v) is 4.59. The highest BCUT2D eigenvalue weighted by atomic mass is 32.1. The molecule has 106 valence electrons. The van der Waals surface area contributed by atoms with Gasteiger partial charge in [0.2, 0.25) is 5.91 Å². The smallest absolute Gasteiger partial charge is 0.237 e. The van der Waals surface area contributed by atoms with Crippen LogP contribution >= 0.6 is 11.3 Å². The number of amides is 1. The normalized spacial score (nSPS) is 21.7. The van der Waals surface area contributed by atoms with Crippen molar-refractivity contribution in [2.45, 2.75) is 58.0 Å². The van der Waals surface area contributed by atoms with Crippen molar-refractivity contribution in [1.82, 2.24) is 10.6 Å². The van der Waals surface area contributed by atoms with Gasteiger partial charge >= 0.3 is 0 Å². The summed E-state index contributed by atoms with van der Waals surface area (Å²) in [5.74, 6) is 0.169. The van der Waals surface area contributed by atoms with Crippen LogP contribution in [-0.2, 0) is 11.2 Å². The highest BCUT2D eigenvalue weighted by Crippen LogP contribution is 2.17. The molecule has 1 amide bonds. The van der Waals surface area contributed by atoms with Gasteiger partial charge in [-0.25, -0.2) is 0 Å². The molecule has 2 rings (SSSR count). The molecule has 4 heteroatoms. The van der Waals surface area contributed by atoms with Crippen LogP contribution in [0.25, 0.3) is 0 Å². The fraction of sp³-hybridized carbons (Fsp3) is 0.667. The number of carbonyl (C=O) groups is 1. The lowest BCUT2D eigenvalue weighted by Gasteiger charge is -2.19. The Labute approximate surface area is 119 Å². The highest BCUT2D eigenvalue weighted by Gasteiger charge is 2.20. The largest absolute Gasteiger partial charge is 0.352 e. The standard InChI is InChI=1S/C15H24N2OS/c1-11(10-13-8-7-12(2)19-13)17-15(18)14-6-4-3-5-9-16-14/h7-8,11,14,16H,3-6,9-10H2,1-2H3,(H,17,18). The Hall–Kier alpha value is -0.870. The van der Waals surface area contributed by atoms with Crippen LogP contribution in [-0.4, -0.2) is 24.5 Å². The molecule has 1 aromatic rings. The van der Waals surface area contributed by atoms with Crippen molar-refractivity contribution in [2.75, 3.05) is 6.54 Å². The quantitative estimate of drug-likeness (QED) is 0.890. The first-order chi connectivity index (χ1) is 9.15. The fourth-order valence-electron chi connectivity index (χ4n) is 2.54. The molecule has 1 aromatic heterocycles. The van der Waals surface area contributed by atoms with Crippen molar-refractivity contribution in [2.24, 2.45) is 0 Å². The summed E-state index contributed by atoms with van der Waals surface area (Å²) in [5.41, 5.74) is 0. The molecule has 1 aliphatic rings. The van der Waals surface area contributed by atoms with Crippen LogP contribution in [0.2, 0.25) is 0 Å². The van der Waals surface area contributed by atoms with E-state index in [0.717, 1.165) is 25.8 Å². The number of rotatable bonds is 4. The van der Waals surface area contributed by atoms with Crippen LogP contribution in [0.5, 0.6) is 0 Å². The first-order valence-electron chi connectivity index (χ1n) is 7.24. The van der Waals surface area contributed by atoms with Gasteiger partial charge in [-0.2, -0.15) is 0 Å². The summed E-state index contributed by atoms with van der Waals surface area (Å²) in [6, 6.07) is 4.51. The van der Waals surface area contributed by atoms with E-state index in [1.54, 1.807) is 0 Å². The lowest BCUT2D eigenvalue weighted by molar-refractivity contribution is -0.123. The molecule has 2 heterocycles. The Morgan fingerprint density at radius 2 is 2.32 bits per heavy atom. The molecular formula is C15H24N2OS. The predicted octanol–water partition coefficient (Wildman–Crippen LogP) is 2.64. The van der Waals surface area contributed by atoms with E-state index in [2.05, 4.69) is 36.6 Å². The molecule has 0 aromatic carbocycles. The number of nitrogens with one attached hydrogen (secondary N) is 2. The molecule has 0 spiro atoms. The Bertz CT molecular complexity index is 408. The topological polar surface area (TPSA) is 41.1 Å². The molecule has 2 N–H and O–H groups in total. The summed E-state index contributed by atoms with van der Waals surface area (Å²) in [5, 5.41) is 6.49. The van der Waals surface area contributed by atoms with Crippen molar-refractivity contribution in [3.05, 3.63) is 21.9 Å². The fourth-order valence-corrected chi connectivity index (χ4v) is 3.56. The lowest BCUT2D eigenvalue weighted by atomic mass is 10.1. The minimum Gasteiger partial charge on any atom is -0.352 e. The van der Waals surface area contributed by atoms with Crippen molar-refractivity contribution in [1.29, 1.82) is 0 Å². The van der Waals surface area contributed by atoms with Crippen molar-refractivity contribution >= 4 is 17.2 Å². The van der Waals surface area contributed by atoms with Gasteiger partial charge in [-0.3, -0.25) is 4.79 Å². The Morgan fingerprint density at radius 1 is 1.47 bits per heavy atom. The third kappa shape index (κ3) is 4.62. The van der Waals surface area contributed by atoms with Gasteiger partial charge in [0.25, 0.3) is 0 Å². The van der Waals surface area contributed by atoms with Gasteiger partial charge in [-0.05, 0) is 45.4 Å². The molecule has 0 aliphatic carbocycles. The van der Waals surface area contributed by atoms with E-state index >= 15 is 0 Å². The maximum absolute atomic E-state index is 12.2. The zero-order chi connectivity index (χ0) is 13.7. The lowest BCUT2D eigenvalue weighted by Crippen LogP contribution is -2.47. The van der Waals surface area contributed by atoms with Gasteiger partial charge in [0.1, 0.15) is 0 Å². The average Bonchev–Trinajstić information content (AvgIpc) is 2.64. The molecule has 0 radical (unpaired) electrons. The molecule has 0 saturated carbocycles. The molecule has 1 fully saturated rings. The van der Waals surface area contributed by atoms with E-state index in [-0.39, 0.29) is 18.0 Å². The molecule has 1 aliphatic heterocycles. The third-order valence-electron chi connectivity index (χ3n) is 3.57. The van der Waals surface area contributed by atoms with Crippen LogP contribution in [0.4, 0.5) is 0 Å². The van der Waals surface area contributed by atoms with Crippen LogP contribution in [0.1, 0.15) is 42.4 Å². The van der Waals surface area contributed by atoms with E-state index in [0.29, 0.717) is 0 Å². The maximum atomic E-state index is 12.2. The minimum absolute atomic E-state index is 0.00928. The zero-order valence-electron chi connectivity index (χ0n) is 11.9. The Balaban J connectivity index is 1.80. The first-order valence-corrected chi connectivity index (χ1v) is 8.06. The van der Waals surface area contributed by atoms with Crippen molar-refractivity contribution in [3.8, 4) is 0 Å². The first kappa shape index (κ1) is 14.5. The zero-order valence-corrected chi connectivity index (χ0v) is 12.7. The van der Waals surface area contributed by atoms with Gasteiger partial charge in [-0.1, -0.05) is 12.8 Å². The second-order valence-corrected chi connectivity index (χ2v) is 6.85. The molecule has 2 unspecified atom stereocenters. The highest BCUT2D eigenvalue weighted by molar-refractivity contribution is 7.11. The summed E-state index contributed by atoms with van der Waals surface area (Å²) in [7, 11) is 0. The summed E-state index contributed by atoms with van der Waals surface area (Å²) in [6.07, 6.45) is 5.48. The van der Waals surface area contributed by atoms with Crippen molar-refractivity contribution < 1.29 is 4.79 Å². The van der Waals surface area contributed by atoms with Crippen molar-refractivity contribution in [3.63, 3.8) is 0 Å². The molecule has 1 saturated heterocycles. The molecular weight excluding hydrogens is 256 g/mol. The van der Waals surface area contributed by atoms with Crippen LogP contribution < -0.4 is 10.6 Å². The molecule has 3 nitrogen and oxygen atoms in total. The van der Waals surface area contributed by atoms with Gasteiger partial charge < -0.3 is 10.6 Å². The van der Waals surface area contributed by atoms with E-state index in [1.807, 2.05) is 11.3 Å². The van der Waals surface area contributed by atoms with Gasteiger partial charge in [0.15, 0.2) is 0 Å². The molecule has 0 bridgehead atoms. The number of hydrogen-bond donors (Lipinski definition) is 2. The van der Waals surface area contributed by atoms with E-state index in [9.17, 15) is 4.79 Å². The Morgan fingerprint density at radius 3 is 3.05 bits per heavy atom. The van der Waals surface area contributed by atoms with E-state index in [4.69, 9.17) is 0 Å². The average molecular weight is 280 g/mol. The predicted molar refractivity (Wildman–Crippen MR) is 80.6 cm³/mol. The monoisotopic (exact) mass is 280 g/mol. The molecule has 2 atom stereocenters. The van der Waals surface area contributed by atoms with Crippen LogP contribution in [0, 0.1) is 6.92 Å². The second-order valence-electron chi connectivity index (χ2n) is 5.48. The summed E-state index contributed by atoms with van der Waals surface area (Å²) in [6.45, 7) is 5.17. The minimum atomic E-state index is 0.00928. The summed E-state index contributed by atoms with van der Waals surface area (Å²) in [4.78, 5) is 14.9. The van der Waals surface area contributed by atoms with Crippen LogP contribution in [0.15, 0.2) is 12.1 Å². The van der Waals surface area contributed by atoms with E-state index in [1.165, 1.54) is 22.6 Å². The maximum Gasteiger partial charge on any atom is 0.237 e. The number of hydrogen-bond acceptors (Lipinski definition) is 3. The van der Waals surface area contributed by atoms with Gasteiger partial charge in [-0.15, -0.1) is 11.3 Å². The van der Waals surface area contributed by atoms with Gasteiger partial charge in [0.05, 0.1) is 6.04 Å². The summed E-state index contributed by atoms with van der Waals surface area (Å²) >= 11 is 1.82.